The summed E-state index contributed by atoms with van der Waals surface area (Å²) in [7, 11) is -3.61. The maximum absolute atomic E-state index is 13.8. The average Bonchev–Trinajstić information content (AvgIpc) is 3.14. The number of benzene rings is 1. The van der Waals surface area contributed by atoms with Crippen molar-refractivity contribution in [3.8, 4) is 0 Å². The summed E-state index contributed by atoms with van der Waals surface area (Å²) in [5, 5.41) is -0.658. The lowest BCUT2D eigenvalue weighted by Crippen LogP contribution is -2.51. The number of sulfone groups is 1. The molecule has 0 bridgehead atoms. The molecule has 190 valence electrons. The number of ketones is 1. The normalized spacial score (nSPS) is 40.6. The first-order valence-electron chi connectivity index (χ1n) is 13.1. The fraction of sp³-hybridized carbons (Fsp3) is 0.655. The van der Waals surface area contributed by atoms with Gasteiger partial charge in [0.15, 0.2) is 9.84 Å². The van der Waals surface area contributed by atoms with E-state index in [-0.39, 0.29) is 34.6 Å². The van der Waals surface area contributed by atoms with E-state index in [1.165, 1.54) is 12.5 Å². The van der Waals surface area contributed by atoms with Gasteiger partial charge in [-0.2, -0.15) is 0 Å². The molecule has 0 radical (unpaired) electrons. The van der Waals surface area contributed by atoms with E-state index >= 15 is 0 Å². The highest BCUT2D eigenvalue weighted by Crippen LogP contribution is 2.67. The molecule has 6 heteroatoms. The van der Waals surface area contributed by atoms with Crippen LogP contribution in [0.1, 0.15) is 72.6 Å². The predicted octanol–water partition coefficient (Wildman–Crippen LogP) is 5.54. The van der Waals surface area contributed by atoms with Crippen LogP contribution in [0.15, 0.2) is 46.9 Å². The largest absolute Gasteiger partial charge is 0.462 e. The molecule has 0 unspecified atom stereocenters. The first kappa shape index (κ1) is 24.7. The molecule has 1 aromatic rings. The van der Waals surface area contributed by atoms with Crippen molar-refractivity contribution in [1.82, 2.24) is 0 Å². The minimum Gasteiger partial charge on any atom is -0.462 e. The highest BCUT2D eigenvalue weighted by atomic mass is 32.2. The van der Waals surface area contributed by atoms with Gasteiger partial charge < -0.3 is 4.74 Å². The summed E-state index contributed by atoms with van der Waals surface area (Å²) in [6, 6.07) is 8.67. The van der Waals surface area contributed by atoms with Crippen molar-refractivity contribution in [3.63, 3.8) is 0 Å². The second-order valence-electron chi connectivity index (χ2n) is 12.0. The second kappa shape index (κ2) is 8.57. The smallest absolute Gasteiger partial charge is 0.302 e. The van der Waals surface area contributed by atoms with Crippen LogP contribution in [0.2, 0.25) is 0 Å². The van der Waals surface area contributed by atoms with Gasteiger partial charge in [-0.3, -0.25) is 9.59 Å². The third-order valence-electron chi connectivity index (χ3n) is 10.3. The Labute approximate surface area is 209 Å². The molecule has 5 rings (SSSR count). The Kier molecular flexibility index (Phi) is 6.05. The van der Waals surface area contributed by atoms with Gasteiger partial charge in [0, 0.05) is 19.3 Å². The third-order valence-corrected chi connectivity index (χ3v) is 12.5. The van der Waals surface area contributed by atoms with Crippen molar-refractivity contribution in [2.24, 2.45) is 34.5 Å². The molecule has 35 heavy (non-hydrogen) atoms. The number of carbonyl (C=O) groups is 2. The molecule has 0 N–H and O–H groups in total. The Balaban J connectivity index is 1.49. The van der Waals surface area contributed by atoms with Crippen LogP contribution >= 0.6 is 0 Å². The van der Waals surface area contributed by atoms with E-state index in [1.54, 1.807) is 31.2 Å². The van der Waals surface area contributed by atoms with Crippen LogP contribution in [0, 0.1) is 34.5 Å². The SMILES string of the molecule is CC(=O)O[C@H]1CC[C@@]2(C)C(=CC[C@H]3[C@@H]4C[C@@H](S(=O)(=O)c5ccccc5)[C@H](C(C)=O)[C@@]4(C)CC[C@@H]32)C1. The molecule has 0 heterocycles. The Hall–Kier alpha value is -1.95. The number of hydrogen-bond acceptors (Lipinski definition) is 5. The third kappa shape index (κ3) is 3.82. The van der Waals surface area contributed by atoms with Gasteiger partial charge in [-0.05, 0) is 86.2 Å². The lowest BCUT2D eigenvalue weighted by molar-refractivity contribution is -0.149. The minimum absolute atomic E-state index is 0.0121. The number of esters is 1. The maximum Gasteiger partial charge on any atom is 0.302 e. The topological polar surface area (TPSA) is 77.5 Å². The number of Topliss-reactive ketones (excluding diaryl/α,β-unsaturated/α-hetero) is 1. The summed E-state index contributed by atoms with van der Waals surface area (Å²) in [4.78, 5) is 24.9. The van der Waals surface area contributed by atoms with Gasteiger partial charge in [-0.15, -0.1) is 0 Å². The number of rotatable bonds is 4. The summed E-state index contributed by atoms with van der Waals surface area (Å²) in [6.45, 7) is 7.64. The highest BCUT2D eigenvalue weighted by Gasteiger charge is 2.64. The van der Waals surface area contributed by atoms with Crippen molar-refractivity contribution in [3.05, 3.63) is 42.0 Å². The Morgan fingerprint density at radius 1 is 1.00 bits per heavy atom. The van der Waals surface area contributed by atoms with Gasteiger partial charge in [0.2, 0.25) is 0 Å². The van der Waals surface area contributed by atoms with Crippen molar-refractivity contribution >= 4 is 21.6 Å². The molecule has 5 nitrogen and oxygen atoms in total. The summed E-state index contributed by atoms with van der Waals surface area (Å²) in [6.07, 6.45) is 8.40. The van der Waals surface area contributed by atoms with Crippen LogP contribution in [0.3, 0.4) is 0 Å². The van der Waals surface area contributed by atoms with E-state index < -0.39 is 21.0 Å². The zero-order chi connectivity index (χ0) is 25.2. The molecule has 3 fully saturated rings. The molecular weight excluding hydrogens is 460 g/mol. The molecule has 0 aliphatic heterocycles. The van der Waals surface area contributed by atoms with Crippen LogP contribution in [0.5, 0.6) is 0 Å². The van der Waals surface area contributed by atoms with Gasteiger partial charge in [0.05, 0.1) is 10.1 Å². The molecule has 0 amide bonds. The van der Waals surface area contributed by atoms with Gasteiger partial charge >= 0.3 is 5.97 Å². The van der Waals surface area contributed by atoms with Crippen LogP contribution in [0.4, 0.5) is 0 Å². The number of ether oxygens (including phenoxy) is 1. The Morgan fingerprint density at radius 3 is 2.37 bits per heavy atom. The molecule has 1 aromatic carbocycles. The molecule has 0 spiro atoms. The van der Waals surface area contributed by atoms with Crippen LogP contribution in [-0.2, 0) is 24.2 Å². The zero-order valence-electron chi connectivity index (χ0n) is 21.3. The molecule has 8 atom stereocenters. The Bertz CT molecular complexity index is 1150. The van der Waals surface area contributed by atoms with Gasteiger partial charge in [0.25, 0.3) is 0 Å². The van der Waals surface area contributed by atoms with Gasteiger partial charge in [-0.1, -0.05) is 43.7 Å². The van der Waals surface area contributed by atoms with Gasteiger partial charge in [-0.25, -0.2) is 8.42 Å². The van der Waals surface area contributed by atoms with E-state index in [2.05, 4.69) is 19.9 Å². The fourth-order valence-corrected chi connectivity index (χ4v) is 11.0. The molecule has 4 aliphatic carbocycles. The van der Waals surface area contributed by atoms with Crippen LogP contribution in [0.25, 0.3) is 0 Å². The number of carbonyl (C=O) groups excluding carboxylic acids is 2. The summed E-state index contributed by atoms with van der Waals surface area (Å²) in [5.41, 5.74) is 1.17. The van der Waals surface area contributed by atoms with Crippen molar-refractivity contribution in [2.75, 3.05) is 0 Å². The van der Waals surface area contributed by atoms with E-state index in [1.807, 2.05) is 6.07 Å². The predicted molar refractivity (Wildman–Crippen MR) is 134 cm³/mol. The molecule has 0 aromatic heterocycles. The number of fused-ring (bicyclic) bond motifs is 5. The van der Waals surface area contributed by atoms with Crippen molar-refractivity contribution in [2.45, 2.75) is 88.9 Å². The minimum atomic E-state index is -3.61. The highest BCUT2D eigenvalue weighted by molar-refractivity contribution is 7.92. The number of allylic oxidation sites excluding steroid dienone is 1. The molecule has 4 aliphatic rings. The standard InChI is InChI=1S/C29H38O5S/c1-18(30)27-26(35(32,33)22-8-6-5-7-9-22)17-25-23-11-10-20-16-21(34-19(2)31)12-14-28(20,3)24(23)13-15-29(25,27)4/h5-10,21,23-27H,11-17H2,1-4H3/t21-,23+,24-,25-,26+,27-,28-,29-/m0/s1. The second-order valence-corrected chi connectivity index (χ2v) is 14.2. The monoisotopic (exact) mass is 498 g/mol. The Morgan fingerprint density at radius 2 is 1.71 bits per heavy atom. The molecular formula is C29H38O5S. The molecule has 0 saturated heterocycles. The van der Waals surface area contributed by atoms with E-state index in [0.717, 1.165) is 38.5 Å². The van der Waals surface area contributed by atoms with E-state index in [9.17, 15) is 18.0 Å². The van der Waals surface area contributed by atoms with Crippen LogP contribution < -0.4 is 0 Å². The average molecular weight is 499 g/mol. The fourth-order valence-electron chi connectivity index (χ4n) is 8.77. The van der Waals surface area contributed by atoms with E-state index in [4.69, 9.17) is 4.74 Å². The van der Waals surface area contributed by atoms with Crippen LogP contribution in [-0.4, -0.2) is 31.5 Å². The summed E-state index contributed by atoms with van der Waals surface area (Å²) < 4.78 is 33.2. The first-order chi connectivity index (χ1) is 16.5. The maximum atomic E-state index is 13.8. The van der Waals surface area contributed by atoms with Crippen molar-refractivity contribution in [1.29, 1.82) is 0 Å². The zero-order valence-corrected chi connectivity index (χ0v) is 22.1. The summed E-state index contributed by atoms with van der Waals surface area (Å²) in [5.74, 6) is 0.401. The first-order valence-corrected chi connectivity index (χ1v) is 14.7. The number of hydrogen-bond donors (Lipinski definition) is 0. The lowest BCUT2D eigenvalue weighted by atomic mass is 9.47. The molecule has 3 saturated carbocycles. The lowest BCUT2D eigenvalue weighted by Gasteiger charge is -2.57. The quantitative estimate of drug-likeness (QED) is 0.402. The van der Waals surface area contributed by atoms with Gasteiger partial charge in [0.1, 0.15) is 11.9 Å². The summed E-state index contributed by atoms with van der Waals surface area (Å²) >= 11 is 0. The van der Waals surface area contributed by atoms with Crippen molar-refractivity contribution < 1.29 is 22.7 Å². The van der Waals surface area contributed by atoms with E-state index in [0.29, 0.717) is 23.2 Å².